The highest BCUT2D eigenvalue weighted by Gasteiger charge is 2.27. The molecule has 112 valence electrons. The van der Waals surface area contributed by atoms with Gasteiger partial charge in [0.1, 0.15) is 11.6 Å². The maximum absolute atomic E-state index is 6.29. The summed E-state index contributed by atoms with van der Waals surface area (Å²) in [5, 5.41) is 4.16. The molecule has 0 spiro atoms. The molecule has 1 fully saturated rings. The van der Waals surface area contributed by atoms with Gasteiger partial charge in [-0.05, 0) is 26.8 Å². The smallest absolute Gasteiger partial charge is 0.150 e. The van der Waals surface area contributed by atoms with Crippen LogP contribution in [0.15, 0.2) is 6.07 Å². The maximum atomic E-state index is 6.29. The van der Waals surface area contributed by atoms with Crippen LogP contribution in [0, 0.1) is 0 Å². The minimum absolute atomic E-state index is 0.208. The second kappa shape index (κ2) is 5.96. The van der Waals surface area contributed by atoms with Crippen LogP contribution in [0.1, 0.15) is 20.8 Å². The highest BCUT2D eigenvalue weighted by atomic mass is 35.5. The van der Waals surface area contributed by atoms with Crippen molar-refractivity contribution in [2.24, 2.45) is 0 Å². The molecule has 0 bridgehead atoms. The Hall–Kier alpha value is -0.710. The van der Waals surface area contributed by atoms with Gasteiger partial charge >= 0.3 is 0 Å². The molecule has 20 heavy (non-hydrogen) atoms. The van der Waals surface area contributed by atoms with Crippen molar-refractivity contribution in [3.63, 3.8) is 0 Å². The van der Waals surface area contributed by atoms with Crippen molar-refractivity contribution in [2.45, 2.75) is 26.3 Å². The number of hydrogen-bond acceptors (Lipinski definition) is 4. The first-order valence-corrected chi connectivity index (χ1v) is 7.62. The standard InChI is InChI=1S/C14H22Cl2N4/c1-14(2,3)20-7-5-19(6-8-20)13-11(16)9-10(15)12(17-4)18-13/h9H,5-8H2,1-4H3,(H,17,18). The second-order valence-electron chi connectivity index (χ2n) is 6.02. The van der Waals surface area contributed by atoms with Crippen LogP contribution in [0.4, 0.5) is 11.6 Å². The topological polar surface area (TPSA) is 31.4 Å². The van der Waals surface area contributed by atoms with Crippen LogP contribution in [-0.4, -0.2) is 48.6 Å². The zero-order chi connectivity index (χ0) is 14.9. The largest absolute Gasteiger partial charge is 0.372 e. The van der Waals surface area contributed by atoms with Gasteiger partial charge in [-0.3, -0.25) is 4.90 Å². The molecule has 4 nitrogen and oxygen atoms in total. The lowest BCUT2D eigenvalue weighted by Crippen LogP contribution is -2.53. The summed E-state index contributed by atoms with van der Waals surface area (Å²) in [6, 6.07) is 1.76. The number of piperazine rings is 1. The molecule has 6 heteroatoms. The first kappa shape index (κ1) is 15.7. The maximum Gasteiger partial charge on any atom is 0.150 e. The Labute approximate surface area is 131 Å². The Morgan fingerprint density at radius 3 is 2.20 bits per heavy atom. The van der Waals surface area contributed by atoms with Crippen LogP contribution in [0.5, 0.6) is 0 Å². The molecule has 1 N–H and O–H groups in total. The molecule has 1 aromatic heterocycles. The minimum atomic E-state index is 0.208. The molecule has 0 atom stereocenters. The van der Waals surface area contributed by atoms with E-state index in [-0.39, 0.29) is 5.54 Å². The Balaban J connectivity index is 2.15. The predicted octanol–water partition coefficient (Wildman–Crippen LogP) is 3.35. The highest BCUT2D eigenvalue weighted by molar-refractivity contribution is 6.37. The number of rotatable bonds is 2. The second-order valence-corrected chi connectivity index (χ2v) is 6.83. The number of hydrogen-bond donors (Lipinski definition) is 1. The lowest BCUT2D eigenvalue weighted by molar-refractivity contribution is 0.128. The monoisotopic (exact) mass is 316 g/mol. The fourth-order valence-corrected chi connectivity index (χ4v) is 3.02. The van der Waals surface area contributed by atoms with E-state index in [9.17, 15) is 0 Å². The number of nitrogens with zero attached hydrogens (tertiary/aromatic N) is 3. The van der Waals surface area contributed by atoms with Crippen LogP contribution in [0.2, 0.25) is 10.0 Å². The molecule has 1 aliphatic heterocycles. The number of pyridine rings is 1. The summed E-state index contributed by atoms with van der Waals surface area (Å²) in [4.78, 5) is 9.24. The molecule has 0 radical (unpaired) electrons. The summed E-state index contributed by atoms with van der Waals surface area (Å²) in [5.74, 6) is 1.48. The fourth-order valence-electron chi connectivity index (χ4n) is 2.44. The Kier molecular flexibility index (Phi) is 4.67. The van der Waals surface area contributed by atoms with Crippen molar-refractivity contribution in [1.82, 2.24) is 9.88 Å². The molecule has 1 saturated heterocycles. The van der Waals surface area contributed by atoms with Crippen molar-refractivity contribution in [3.8, 4) is 0 Å². The molecule has 0 saturated carbocycles. The third-order valence-electron chi connectivity index (χ3n) is 3.68. The predicted molar refractivity (Wildman–Crippen MR) is 87.3 cm³/mol. The van der Waals surface area contributed by atoms with E-state index in [4.69, 9.17) is 23.2 Å². The third-order valence-corrected chi connectivity index (χ3v) is 4.24. The quantitative estimate of drug-likeness (QED) is 0.906. The van der Waals surface area contributed by atoms with Gasteiger partial charge in [-0.15, -0.1) is 0 Å². The first-order chi connectivity index (χ1) is 9.32. The number of anilines is 2. The van der Waals surface area contributed by atoms with Gasteiger partial charge in [-0.2, -0.15) is 0 Å². The van der Waals surface area contributed by atoms with Crippen molar-refractivity contribution < 1.29 is 0 Å². The summed E-state index contributed by atoms with van der Waals surface area (Å²) in [7, 11) is 1.81. The van der Waals surface area contributed by atoms with Gasteiger partial charge in [0, 0.05) is 38.8 Å². The Morgan fingerprint density at radius 2 is 1.70 bits per heavy atom. The fraction of sp³-hybridized carbons (Fsp3) is 0.643. The normalized spacial score (nSPS) is 17.4. The lowest BCUT2D eigenvalue weighted by atomic mass is 10.1. The zero-order valence-electron chi connectivity index (χ0n) is 12.5. The van der Waals surface area contributed by atoms with Gasteiger partial charge in [-0.1, -0.05) is 23.2 Å². The van der Waals surface area contributed by atoms with E-state index < -0.39 is 0 Å². The molecule has 1 aliphatic rings. The van der Waals surface area contributed by atoms with E-state index in [0.29, 0.717) is 15.9 Å². The van der Waals surface area contributed by atoms with Crippen molar-refractivity contribution in [2.75, 3.05) is 43.4 Å². The average molecular weight is 317 g/mol. The first-order valence-electron chi connectivity index (χ1n) is 6.86. The Bertz CT molecular complexity index is 477. The van der Waals surface area contributed by atoms with Crippen LogP contribution < -0.4 is 10.2 Å². The van der Waals surface area contributed by atoms with Gasteiger partial charge < -0.3 is 10.2 Å². The molecule has 1 aromatic rings. The van der Waals surface area contributed by atoms with E-state index in [1.165, 1.54) is 0 Å². The molecule has 0 aromatic carbocycles. The van der Waals surface area contributed by atoms with Crippen molar-refractivity contribution in [3.05, 3.63) is 16.1 Å². The SMILES string of the molecule is CNc1nc(N2CCN(C(C)(C)C)CC2)c(Cl)cc1Cl. The van der Waals surface area contributed by atoms with E-state index in [1.54, 1.807) is 6.07 Å². The van der Waals surface area contributed by atoms with Gasteiger partial charge in [0.15, 0.2) is 0 Å². The van der Waals surface area contributed by atoms with E-state index in [0.717, 1.165) is 32.0 Å². The molecule has 2 rings (SSSR count). The van der Waals surface area contributed by atoms with Gasteiger partial charge in [0.25, 0.3) is 0 Å². The summed E-state index contributed by atoms with van der Waals surface area (Å²) in [6.45, 7) is 10.6. The van der Waals surface area contributed by atoms with E-state index in [1.807, 2.05) is 7.05 Å². The molecule has 0 amide bonds. The minimum Gasteiger partial charge on any atom is -0.372 e. The molecular formula is C14H22Cl2N4. The Morgan fingerprint density at radius 1 is 1.10 bits per heavy atom. The van der Waals surface area contributed by atoms with Crippen LogP contribution in [0.3, 0.4) is 0 Å². The van der Waals surface area contributed by atoms with Crippen molar-refractivity contribution in [1.29, 1.82) is 0 Å². The summed E-state index contributed by atoms with van der Waals surface area (Å²) >= 11 is 12.4. The van der Waals surface area contributed by atoms with Crippen LogP contribution in [0.25, 0.3) is 0 Å². The van der Waals surface area contributed by atoms with Crippen molar-refractivity contribution >= 4 is 34.8 Å². The van der Waals surface area contributed by atoms with Crippen LogP contribution in [-0.2, 0) is 0 Å². The lowest BCUT2D eigenvalue weighted by Gasteiger charge is -2.42. The molecule has 0 unspecified atom stereocenters. The van der Waals surface area contributed by atoms with Gasteiger partial charge in [0.05, 0.1) is 10.0 Å². The third kappa shape index (κ3) is 3.30. The van der Waals surface area contributed by atoms with Gasteiger partial charge in [0.2, 0.25) is 0 Å². The summed E-state index contributed by atoms with van der Waals surface area (Å²) in [6.07, 6.45) is 0. The van der Waals surface area contributed by atoms with E-state index in [2.05, 4.69) is 40.9 Å². The molecule has 2 heterocycles. The number of halogens is 2. The van der Waals surface area contributed by atoms with E-state index >= 15 is 0 Å². The highest BCUT2D eigenvalue weighted by Crippen LogP contribution is 2.32. The zero-order valence-corrected chi connectivity index (χ0v) is 14.0. The number of aromatic nitrogens is 1. The number of nitrogens with one attached hydrogen (secondary N) is 1. The van der Waals surface area contributed by atoms with Gasteiger partial charge in [-0.25, -0.2) is 4.98 Å². The molecule has 0 aliphatic carbocycles. The molecular weight excluding hydrogens is 295 g/mol. The van der Waals surface area contributed by atoms with Crippen LogP contribution >= 0.6 is 23.2 Å². The summed E-state index contributed by atoms with van der Waals surface area (Å²) in [5.41, 5.74) is 0.208. The average Bonchev–Trinajstić information content (AvgIpc) is 2.38. The summed E-state index contributed by atoms with van der Waals surface area (Å²) < 4.78 is 0.